The third-order valence-corrected chi connectivity index (χ3v) is 4.59. The quantitative estimate of drug-likeness (QED) is 0.451. The number of amides is 1. The molecule has 1 aliphatic heterocycles. The van der Waals surface area contributed by atoms with Gasteiger partial charge in [0.05, 0.1) is 6.26 Å². The second kappa shape index (κ2) is 9.49. The van der Waals surface area contributed by atoms with Crippen molar-refractivity contribution < 1.29 is 9.21 Å². The molecule has 2 heterocycles. The molecule has 1 fully saturated rings. The van der Waals surface area contributed by atoms with Crippen molar-refractivity contribution >= 4 is 11.9 Å². The zero-order valence-electron chi connectivity index (χ0n) is 16.0. The average Bonchev–Trinajstić information content (AvgIpc) is 3.19. The fourth-order valence-electron chi connectivity index (χ4n) is 3.39. The van der Waals surface area contributed by atoms with E-state index in [1.165, 1.54) is 12.8 Å². The Morgan fingerprint density at radius 2 is 2.16 bits per heavy atom. The first-order valence-electron chi connectivity index (χ1n) is 9.29. The van der Waals surface area contributed by atoms with Gasteiger partial charge in [0.15, 0.2) is 11.7 Å². The molecule has 1 aromatic heterocycles. The highest BCUT2D eigenvalue weighted by atomic mass is 16.3. The van der Waals surface area contributed by atoms with E-state index in [-0.39, 0.29) is 5.91 Å². The molecule has 1 amide bonds. The van der Waals surface area contributed by atoms with Gasteiger partial charge < -0.3 is 20.0 Å². The van der Waals surface area contributed by atoms with Crippen molar-refractivity contribution in [2.75, 3.05) is 33.2 Å². The molecule has 1 aromatic rings. The highest BCUT2D eigenvalue weighted by molar-refractivity contribution is 5.92. The molecule has 0 aliphatic carbocycles. The molecule has 6 heteroatoms. The lowest BCUT2D eigenvalue weighted by Crippen LogP contribution is -2.41. The van der Waals surface area contributed by atoms with Gasteiger partial charge >= 0.3 is 0 Å². The summed E-state index contributed by atoms with van der Waals surface area (Å²) in [6.07, 6.45) is 4.91. The fourth-order valence-corrected chi connectivity index (χ4v) is 3.39. The minimum Gasteiger partial charge on any atom is -0.459 e. The molecule has 1 atom stereocenters. The SMILES string of the molecule is CN=C(NCCCNC(=O)c1occc1C)N1CCC(CC(C)C)C1. The van der Waals surface area contributed by atoms with Crippen LogP contribution in [0.5, 0.6) is 0 Å². The smallest absolute Gasteiger partial charge is 0.287 e. The lowest BCUT2D eigenvalue weighted by atomic mass is 9.97. The molecule has 6 nitrogen and oxygen atoms in total. The molecule has 140 valence electrons. The standard InChI is InChI=1S/C19H32N4O2/c1-14(2)12-16-6-10-23(13-16)19(20-4)22-9-5-8-21-18(24)17-15(3)7-11-25-17/h7,11,14,16H,5-6,8-10,12-13H2,1-4H3,(H,20,22)(H,21,24). The van der Waals surface area contributed by atoms with Crippen LogP contribution in [0.15, 0.2) is 21.7 Å². The predicted octanol–water partition coefficient (Wildman–Crippen LogP) is 2.65. The van der Waals surface area contributed by atoms with Crippen molar-refractivity contribution in [3.63, 3.8) is 0 Å². The van der Waals surface area contributed by atoms with Crippen LogP contribution in [-0.4, -0.2) is 50.0 Å². The molecule has 0 saturated carbocycles. The molecule has 0 radical (unpaired) electrons. The lowest BCUT2D eigenvalue weighted by Gasteiger charge is -2.22. The number of guanidine groups is 1. The molecular formula is C19H32N4O2. The van der Waals surface area contributed by atoms with Gasteiger partial charge in [-0.1, -0.05) is 13.8 Å². The Labute approximate surface area is 151 Å². The van der Waals surface area contributed by atoms with E-state index in [4.69, 9.17) is 4.42 Å². The molecule has 2 rings (SSSR count). The Hall–Kier alpha value is -1.98. The van der Waals surface area contributed by atoms with E-state index in [2.05, 4.69) is 34.4 Å². The molecule has 0 spiro atoms. The van der Waals surface area contributed by atoms with Gasteiger partial charge in [0, 0.05) is 38.8 Å². The predicted molar refractivity (Wildman–Crippen MR) is 101 cm³/mol. The number of nitrogens with zero attached hydrogens (tertiary/aromatic N) is 2. The van der Waals surface area contributed by atoms with Crippen LogP contribution in [0.2, 0.25) is 0 Å². The summed E-state index contributed by atoms with van der Waals surface area (Å²) in [7, 11) is 1.83. The number of aliphatic imine (C=N–C) groups is 1. The molecule has 1 aliphatic rings. The van der Waals surface area contributed by atoms with E-state index in [1.807, 2.05) is 14.0 Å². The highest BCUT2D eigenvalue weighted by Gasteiger charge is 2.25. The highest BCUT2D eigenvalue weighted by Crippen LogP contribution is 2.23. The first-order chi connectivity index (χ1) is 12.0. The van der Waals surface area contributed by atoms with Gasteiger partial charge in [-0.3, -0.25) is 9.79 Å². The van der Waals surface area contributed by atoms with Gasteiger partial charge in [0.2, 0.25) is 0 Å². The van der Waals surface area contributed by atoms with E-state index in [0.29, 0.717) is 12.3 Å². The summed E-state index contributed by atoms with van der Waals surface area (Å²) in [6, 6.07) is 1.79. The zero-order valence-corrected chi connectivity index (χ0v) is 16.0. The maximum absolute atomic E-state index is 12.0. The lowest BCUT2D eigenvalue weighted by molar-refractivity contribution is 0.0925. The molecule has 0 bridgehead atoms. The summed E-state index contributed by atoms with van der Waals surface area (Å²) in [4.78, 5) is 18.7. The van der Waals surface area contributed by atoms with Crippen LogP contribution in [0.25, 0.3) is 0 Å². The summed E-state index contributed by atoms with van der Waals surface area (Å²) < 4.78 is 5.19. The molecule has 1 saturated heterocycles. The largest absolute Gasteiger partial charge is 0.459 e. The summed E-state index contributed by atoms with van der Waals surface area (Å²) in [5.41, 5.74) is 0.862. The van der Waals surface area contributed by atoms with Crippen molar-refractivity contribution in [1.29, 1.82) is 0 Å². The summed E-state index contributed by atoms with van der Waals surface area (Å²) in [5.74, 6) is 2.75. The fraction of sp³-hybridized carbons (Fsp3) is 0.684. The van der Waals surface area contributed by atoms with Crippen LogP contribution in [0.3, 0.4) is 0 Å². The summed E-state index contributed by atoms with van der Waals surface area (Å²) in [5, 5.41) is 6.30. The third kappa shape index (κ3) is 5.80. The molecule has 1 unspecified atom stereocenters. The van der Waals surface area contributed by atoms with Crippen LogP contribution >= 0.6 is 0 Å². The van der Waals surface area contributed by atoms with Crippen molar-refractivity contribution in [1.82, 2.24) is 15.5 Å². The second-order valence-electron chi connectivity index (χ2n) is 7.25. The Kier molecular flexibility index (Phi) is 7.34. The monoisotopic (exact) mass is 348 g/mol. The van der Waals surface area contributed by atoms with Gasteiger partial charge in [-0.25, -0.2) is 0 Å². The van der Waals surface area contributed by atoms with Crippen LogP contribution in [0.4, 0.5) is 0 Å². The van der Waals surface area contributed by atoms with E-state index >= 15 is 0 Å². The van der Waals surface area contributed by atoms with Gasteiger partial charge in [-0.15, -0.1) is 0 Å². The van der Waals surface area contributed by atoms with Gasteiger partial charge in [0.1, 0.15) is 0 Å². The van der Waals surface area contributed by atoms with Crippen LogP contribution in [-0.2, 0) is 0 Å². The maximum atomic E-state index is 12.0. The number of furan rings is 1. The maximum Gasteiger partial charge on any atom is 0.287 e. The number of carbonyl (C=O) groups is 1. The van der Waals surface area contributed by atoms with E-state index in [1.54, 1.807) is 12.3 Å². The van der Waals surface area contributed by atoms with E-state index in [9.17, 15) is 4.79 Å². The first-order valence-corrected chi connectivity index (χ1v) is 9.29. The molecule has 2 N–H and O–H groups in total. The topological polar surface area (TPSA) is 69.9 Å². The molecule has 0 aromatic carbocycles. The number of likely N-dealkylation sites (tertiary alicyclic amines) is 1. The Morgan fingerprint density at radius 3 is 2.80 bits per heavy atom. The number of carbonyl (C=O) groups excluding carboxylic acids is 1. The Balaban J connectivity index is 1.65. The van der Waals surface area contributed by atoms with Crippen molar-refractivity contribution in [2.45, 2.75) is 40.0 Å². The van der Waals surface area contributed by atoms with Gasteiger partial charge in [0.25, 0.3) is 5.91 Å². The third-order valence-electron chi connectivity index (χ3n) is 4.59. The van der Waals surface area contributed by atoms with Crippen molar-refractivity contribution in [3.8, 4) is 0 Å². The van der Waals surface area contributed by atoms with E-state index < -0.39 is 0 Å². The minimum atomic E-state index is -0.150. The van der Waals surface area contributed by atoms with Crippen LogP contribution in [0.1, 0.15) is 49.2 Å². The Bertz CT molecular complexity index is 580. The van der Waals surface area contributed by atoms with Gasteiger partial charge in [-0.05, 0) is 44.1 Å². The zero-order chi connectivity index (χ0) is 18.2. The first kappa shape index (κ1) is 19.3. The minimum absolute atomic E-state index is 0.150. The molecular weight excluding hydrogens is 316 g/mol. The van der Waals surface area contributed by atoms with Crippen LogP contribution < -0.4 is 10.6 Å². The van der Waals surface area contributed by atoms with Crippen LogP contribution in [0, 0.1) is 18.8 Å². The second-order valence-corrected chi connectivity index (χ2v) is 7.25. The van der Waals surface area contributed by atoms with Crippen molar-refractivity contribution in [3.05, 3.63) is 23.7 Å². The summed E-state index contributed by atoms with van der Waals surface area (Å²) >= 11 is 0. The van der Waals surface area contributed by atoms with Gasteiger partial charge in [-0.2, -0.15) is 0 Å². The van der Waals surface area contributed by atoms with Crippen molar-refractivity contribution in [2.24, 2.45) is 16.8 Å². The number of hydrogen-bond acceptors (Lipinski definition) is 3. The molecule has 25 heavy (non-hydrogen) atoms. The van der Waals surface area contributed by atoms with E-state index in [0.717, 1.165) is 49.4 Å². The summed E-state index contributed by atoms with van der Waals surface area (Å²) in [6.45, 7) is 10.0. The Morgan fingerprint density at radius 1 is 1.40 bits per heavy atom. The number of rotatable bonds is 7. The number of aryl methyl sites for hydroxylation is 1. The number of hydrogen-bond donors (Lipinski definition) is 2. The number of nitrogens with one attached hydrogen (secondary N) is 2. The normalized spacial score (nSPS) is 18.0. The average molecular weight is 348 g/mol.